The standard InChI is InChI=1S/C16H16ClN3O3S/c17-11-4-6-12(7-5-11)24(22,23)9-8-15(21)20-16-13-2-1-3-14(13)18-10-19-16/h4-7,10H,1-3,8-9H2,(H,18,19,20,21). The average molecular weight is 366 g/mol. The molecule has 0 bridgehead atoms. The van der Waals surface area contributed by atoms with Crippen molar-refractivity contribution in [2.45, 2.75) is 30.6 Å². The first-order valence-corrected chi connectivity index (χ1v) is 9.60. The van der Waals surface area contributed by atoms with Crippen LogP contribution in [0, 0.1) is 0 Å². The number of nitrogens with zero attached hydrogens (tertiary/aromatic N) is 2. The Morgan fingerprint density at radius 1 is 1.17 bits per heavy atom. The fourth-order valence-corrected chi connectivity index (χ4v) is 4.02. The predicted molar refractivity (Wildman–Crippen MR) is 90.8 cm³/mol. The summed E-state index contributed by atoms with van der Waals surface area (Å²) in [5.74, 6) is -0.153. The Morgan fingerprint density at radius 3 is 2.67 bits per heavy atom. The molecule has 0 aliphatic heterocycles. The van der Waals surface area contributed by atoms with Gasteiger partial charge in [0.2, 0.25) is 5.91 Å². The molecule has 1 aliphatic carbocycles. The SMILES string of the molecule is O=C(CCS(=O)(=O)c1ccc(Cl)cc1)Nc1ncnc2c1CCC2. The van der Waals surface area contributed by atoms with E-state index in [-0.39, 0.29) is 23.0 Å². The zero-order valence-electron chi connectivity index (χ0n) is 12.8. The summed E-state index contributed by atoms with van der Waals surface area (Å²) in [7, 11) is -3.53. The second-order valence-electron chi connectivity index (χ2n) is 5.57. The van der Waals surface area contributed by atoms with Gasteiger partial charge in [0.15, 0.2) is 9.84 Å². The van der Waals surface area contributed by atoms with Gasteiger partial charge >= 0.3 is 0 Å². The number of hydrogen-bond acceptors (Lipinski definition) is 5. The Balaban J connectivity index is 1.64. The fraction of sp³-hybridized carbons (Fsp3) is 0.312. The van der Waals surface area contributed by atoms with Crippen LogP contribution in [0.25, 0.3) is 0 Å². The molecule has 1 N–H and O–H groups in total. The van der Waals surface area contributed by atoms with Crippen molar-refractivity contribution in [2.75, 3.05) is 11.1 Å². The van der Waals surface area contributed by atoms with Crippen molar-refractivity contribution >= 4 is 33.2 Å². The van der Waals surface area contributed by atoms with Gasteiger partial charge in [0.25, 0.3) is 0 Å². The lowest BCUT2D eigenvalue weighted by Crippen LogP contribution is -2.19. The minimum Gasteiger partial charge on any atom is -0.310 e. The molecule has 24 heavy (non-hydrogen) atoms. The number of aryl methyl sites for hydroxylation is 1. The van der Waals surface area contributed by atoms with Gasteiger partial charge in [-0.2, -0.15) is 0 Å². The van der Waals surface area contributed by atoms with Gasteiger partial charge in [-0.1, -0.05) is 11.6 Å². The number of aromatic nitrogens is 2. The van der Waals surface area contributed by atoms with Crippen LogP contribution in [0.15, 0.2) is 35.5 Å². The molecule has 1 amide bonds. The summed E-state index contributed by atoms with van der Waals surface area (Å²) in [5, 5.41) is 3.16. The summed E-state index contributed by atoms with van der Waals surface area (Å²) in [5.41, 5.74) is 1.90. The molecule has 2 aromatic rings. The molecule has 126 valence electrons. The van der Waals surface area contributed by atoms with E-state index < -0.39 is 9.84 Å². The molecule has 1 aliphatic rings. The normalized spacial score (nSPS) is 13.5. The predicted octanol–water partition coefficient (Wildman–Crippen LogP) is 2.42. The molecule has 1 aromatic heterocycles. The number of amides is 1. The first kappa shape index (κ1) is 16.9. The van der Waals surface area contributed by atoms with Crippen LogP contribution in [0.5, 0.6) is 0 Å². The molecule has 1 heterocycles. The Morgan fingerprint density at radius 2 is 1.92 bits per heavy atom. The topological polar surface area (TPSA) is 89.0 Å². The highest BCUT2D eigenvalue weighted by Crippen LogP contribution is 2.25. The first-order valence-electron chi connectivity index (χ1n) is 7.56. The molecule has 0 fully saturated rings. The lowest BCUT2D eigenvalue weighted by atomic mass is 10.2. The van der Waals surface area contributed by atoms with Crippen LogP contribution in [0.1, 0.15) is 24.1 Å². The Labute approximate surface area is 145 Å². The van der Waals surface area contributed by atoms with Crippen LogP contribution in [-0.2, 0) is 27.5 Å². The number of anilines is 1. The van der Waals surface area contributed by atoms with Crippen molar-refractivity contribution in [3.05, 3.63) is 46.9 Å². The van der Waals surface area contributed by atoms with E-state index in [0.29, 0.717) is 10.8 Å². The largest absolute Gasteiger partial charge is 0.310 e. The van der Waals surface area contributed by atoms with Crippen LogP contribution >= 0.6 is 11.6 Å². The zero-order valence-corrected chi connectivity index (χ0v) is 14.4. The number of halogens is 1. The van der Waals surface area contributed by atoms with Gasteiger partial charge in [0.05, 0.1) is 10.6 Å². The maximum Gasteiger partial charge on any atom is 0.226 e. The summed E-state index contributed by atoms with van der Waals surface area (Å²) in [4.78, 5) is 20.5. The van der Waals surface area contributed by atoms with E-state index in [4.69, 9.17) is 11.6 Å². The zero-order chi connectivity index (χ0) is 17.2. The second kappa shape index (κ2) is 6.86. The molecule has 8 heteroatoms. The molecule has 1 aromatic carbocycles. The highest BCUT2D eigenvalue weighted by molar-refractivity contribution is 7.91. The lowest BCUT2D eigenvalue weighted by molar-refractivity contribution is -0.115. The third-order valence-electron chi connectivity index (χ3n) is 3.90. The van der Waals surface area contributed by atoms with E-state index in [0.717, 1.165) is 30.5 Å². The smallest absolute Gasteiger partial charge is 0.226 e. The van der Waals surface area contributed by atoms with E-state index in [9.17, 15) is 13.2 Å². The van der Waals surface area contributed by atoms with Crippen LogP contribution in [0.3, 0.4) is 0 Å². The summed E-state index contributed by atoms with van der Waals surface area (Å²) in [6.07, 6.45) is 3.98. The van der Waals surface area contributed by atoms with Crippen molar-refractivity contribution in [3.8, 4) is 0 Å². The highest BCUT2D eigenvalue weighted by atomic mass is 35.5. The van der Waals surface area contributed by atoms with Crippen molar-refractivity contribution in [1.29, 1.82) is 0 Å². The highest BCUT2D eigenvalue weighted by Gasteiger charge is 2.20. The van der Waals surface area contributed by atoms with Crippen LogP contribution in [0.2, 0.25) is 5.02 Å². The molecule has 3 rings (SSSR count). The van der Waals surface area contributed by atoms with Crippen LogP contribution in [-0.4, -0.2) is 30.0 Å². The molecule has 0 saturated carbocycles. The molecule has 6 nitrogen and oxygen atoms in total. The third-order valence-corrected chi connectivity index (χ3v) is 5.89. The summed E-state index contributed by atoms with van der Waals surface area (Å²) < 4.78 is 24.5. The van der Waals surface area contributed by atoms with Gasteiger partial charge < -0.3 is 5.32 Å². The molecule has 0 radical (unpaired) electrons. The Bertz CT molecular complexity index is 867. The van der Waals surface area contributed by atoms with E-state index in [1.165, 1.54) is 30.6 Å². The van der Waals surface area contributed by atoms with Crippen LogP contribution < -0.4 is 5.32 Å². The van der Waals surface area contributed by atoms with E-state index in [2.05, 4.69) is 15.3 Å². The Kier molecular flexibility index (Phi) is 4.82. The van der Waals surface area contributed by atoms with Crippen molar-refractivity contribution in [3.63, 3.8) is 0 Å². The summed E-state index contributed by atoms with van der Waals surface area (Å²) in [6.45, 7) is 0. The van der Waals surface area contributed by atoms with Crippen molar-refractivity contribution < 1.29 is 13.2 Å². The number of hydrogen-bond donors (Lipinski definition) is 1. The van der Waals surface area contributed by atoms with Gasteiger partial charge in [-0.3, -0.25) is 4.79 Å². The number of benzene rings is 1. The lowest BCUT2D eigenvalue weighted by Gasteiger charge is -2.09. The number of carbonyl (C=O) groups is 1. The molecule has 0 spiro atoms. The second-order valence-corrected chi connectivity index (χ2v) is 8.12. The molecule has 0 atom stereocenters. The summed E-state index contributed by atoms with van der Waals surface area (Å²) in [6, 6.07) is 5.90. The van der Waals surface area contributed by atoms with Gasteiger partial charge in [-0.15, -0.1) is 0 Å². The van der Waals surface area contributed by atoms with Gasteiger partial charge in [-0.25, -0.2) is 18.4 Å². The molecule has 0 saturated heterocycles. The molecule has 0 unspecified atom stereocenters. The third kappa shape index (κ3) is 3.73. The fourth-order valence-electron chi connectivity index (χ4n) is 2.65. The number of rotatable bonds is 5. The monoisotopic (exact) mass is 365 g/mol. The maximum atomic E-state index is 12.2. The number of nitrogens with one attached hydrogen (secondary N) is 1. The molecular formula is C16H16ClN3O3S. The van der Waals surface area contributed by atoms with Gasteiger partial charge in [0.1, 0.15) is 12.1 Å². The van der Waals surface area contributed by atoms with Crippen molar-refractivity contribution in [1.82, 2.24) is 9.97 Å². The quantitative estimate of drug-likeness (QED) is 0.878. The molecular weight excluding hydrogens is 350 g/mol. The number of fused-ring (bicyclic) bond motifs is 1. The maximum absolute atomic E-state index is 12.2. The summed E-state index contributed by atoms with van der Waals surface area (Å²) >= 11 is 5.75. The van der Waals surface area contributed by atoms with E-state index in [1.54, 1.807) is 0 Å². The number of sulfone groups is 1. The van der Waals surface area contributed by atoms with Gasteiger partial charge in [-0.05, 0) is 43.5 Å². The van der Waals surface area contributed by atoms with Crippen LogP contribution in [0.4, 0.5) is 5.82 Å². The average Bonchev–Trinajstić information content (AvgIpc) is 3.03. The van der Waals surface area contributed by atoms with Crippen molar-refractivity contribution in [2.24, 2.45) is 0 Å². The number of carbonyl (C=O) groups excluding carboxylic acids is 1. The minimum absolute atomic E-state index is 0.135. The minimum atomic E-state index is -3.53. The first-order chi connectivity index (χ1) is 11.5. The van der Waals surface area contributed by atoms with Gasteiger partial charge in [0, 0.05) is 22.7 Å². The van der Waals surface area contributed by atoms with E-state index >= 15 is 0 Å². The Hall–Kier alpha value is -1.99. The van der Waals surface area contributed by atoms with E-state index in [1.807, 2.05) is 0 Å².